The van der Waals surface area contributed by atoms with E-state index in [1.54, 1.807) is 0 Å². The predicted molar refractivity (Wildman–Crippen MR) is 49.2 cm³/mol. The van der Waals surface area contributed by atoms with Crippen molar-refractivity contribution >= 4 is 12.1 Å². The summed E-state index contributed by atoms with van der Waals surface area (Å²) in [5.74, 6) is 1.24. The molecule has 13 heavy (non-hydrogen) atoms. The molecule has 0 radical (unpaired) electrons. The van der Waals surface area contributed by atoms with Crippen molar-refractivity contribution in [1.29, 1.82) is 0 Å². The van der Waals surface area contributed by atoms with Crippen LogP contribution in [0.25, 0.3) is 0 Å². The molecule has 0 aromatic carbocycles. The Balaban J connectivity index is 2.14. The van der Waals surface area contributed by atoms with E-state index in [4.69, 9.17) is 0 Å². The number of aldehydes is 1. The second-order valence-electron chi connectivity index (χ2n) is 4.36. The third-order valence-corrected chi connectivity index (χ3v) is 3.68. The standard InChI is InChI=1S/C11H16O2/c12-7-8-5-6-10-9(8)3-1-2-4-11(10)13/h7-10H,1-6H2/t8-,9-,10+/m0/s1. The van der Waals surface area contributed by atoms with Crippen LogP contribution in [-0.4, -0.2) is 12.1 Å². The van der Waals surface area contributed by atoms with Crippen LogP contribution in [-0.2, 0) is 9.59 Å². The van der Waals surface area contributed by atoms with Crippen molar-refractivity contribution in [2.45, 2.75) is 38.5 Å². The lowest BCUT2D eigenvalue weighted by molar-refractivity contribution is -0.123. The maximum absolute atomic E-state index is 11.6. The van der Waals surface area contributed by atoms with E-state index >= 15 is 0 Å². The van der Waals surface area contributed by atoms with Crippen molar-refractivity contribution in [2.24, 2.45) is 17.8 Å². The number of rotatable bonds is 1. The zero-order chi connectivity index (χ0) is 9.26. The van der Waals surface area contributed by atoms with Crippen LogP contribution in [0.15, 0.2) is 0 Å². The van der Waals surface area contributed by atoms with Gasteiger partial charge in [0.1, 0.15) is 12.1 Å². The Kier molecular flexibility index (Phi) is 2.47. The maximum Gasteiger partial charge on any atom is 0.136 e. The van der Waals surface area contributed by atoms with Crippen molar-refractivity contribution < 1.29 is 9.59 Å². The summed E-state index contributed by atoms with van der Waals surface area (Å²) in [5.41, 5.74) is 0. The molecule has 0 unspecified atom stereocenters. The molecule has 2 rings (SSSR count). The lowest BCUT2D eigenvalue weighted by Crippen LogP contribution is -2.20. The highest BCUT2D eigenvalue weighted by atomic mass is 16.1. The van der Waals surface area contributed by atoms with Crippen molar-refractivity contribution in [3.63, 3.8) is 0 Å². The SMILES string of the molecule is O=C[C@@H]1CC[C@H]2C(=O)CCCC[C@@H]12. The van der Waals surface area contributed by atoms with E-state index in [2.05, 4.69) is 0 Å². The molecule has 0 heterocycles. The molecule has 2 aliphatic carbocycles. The fourth-order valence-corrected chi connectivity index (χ4v) is 2.95. The van der Waals surface area contributed by atoms with Crippen LogP contribution < -0.4 is 0 Å². The molecule has 0 spiro atoms. The van der Waals surface area contributed by atoms with Gasteiger partial charge in [-0.15, -0.1) is 0 Å². The average Bonchev–Trinajstić information content (AvgIpc) is 2.47. The third-order valence-electron chi connectivity index (χ3n) is 3.68. The van der Waals surface area contributed by atoms with Crippen LogP contribution in [0, 0.1) is 17.8 Å². The van der Waals surface area contributed by atoms with Crippen molar-refractivity contribution in [3.8, 4) is 0 Å². The zero-order valence-corrected chi connectivity index (χ0v) is 7.87. The van der Waals surface area contributed by atoms with E-state index < -0.39 is 0 Å². The molecule has 2 heteroatoms. The first-order chi connectivity index (χ1) is 6.33. The first-order valence-corrected chi connectivity index (χ1v) is 5.31. The van der Waals surface area contributed by atoms with E-state index in [-0.39, 0.29) is 11.8 Å². The van der Waals surface area contributed by atoms with E-state index in [9.17, 15) is 9.59 Å². The average molecular weight is 180 g/mol. The number of hydrogen-bond donors (Lipinski definition) is 0. The second kappa shape index (κ2) is 3.60. The number of fused-ring (bicyclic) bond motifs is 1. The number of ketones is 1. The van der Waals surface area contributed by atoms with E-state index in [0.29, 0.717) is 11.7 Å². The summed E-state index contributed by atoms with van der Waals surface area (Å²) in [6.07, 6.45) is 7.02. The molecule has 2 saturated carbocycles. The van der Waals surface area contributed by atoms with Gasteiger partial charge in [0.05, 0.1) is 0 Å². The van der Waals surface area contributed by atoms with Crippen LogP contribution >= 0.6 is 0 Å². The highest BCUT2D eigenvalue weighted by molar-refractivity contribution is 5.82. The summed E-state index contributed by atoms with van der Waals surface area (Å²) in [6.45, 7) is 0. The molecular formula is C11H16O2. The van der Waals surface area contributed by atoms with Gasteiger partial charge in [0.25, 0.3) is 0 Å². The predicted octanol–water partition coefficient (Wildman–Crippen LogP) is 1.97. The van der Waals surface area contributed by atoms with Gasteiger partial charge in [-0.25, -0.2) is 0 Å². The van der Waals surface area contributed by atoms with Crippen molar-refractivity contribution in [1.82, 2.24) is 0 Å². The second-order valence-corrected chi connectivity index (χ2v) is 4.36. The molecular weight excluding hydrogens is 164 g/mol. The summed E-state index contributed by atoms with van der Waals surface area (Å²) in [5, 5.41) is 0. The van der Waals surface area contributed by atoms with Crippen LogP contribution in [0.3, 0.4) is 0 Å². The molecule has 0 bridgehead atoms. The number of carbonyl (C=O) groups is 2. The minimum Gasteiger partial charge on any atom is -0.303 e. The number of carbonyl (C=O) groups excluding carboxylic acids is 2. The van der Waals surface area contributed by atoms with E-state index in [0.717, 1.165) is 44.8 Å². The first-order valence-electron chi connectivity index (χ1n) is 5.31. The Morgan fingerprint density at radius 3 is 2.77 bits per heavy atom. The lowest BCUT2D eigenvalue weighted by Gasteiger charge is -2.17. The molecule has 0 aromatic heterocycles. The van der Waals surface area contributed by atoms with E-state index in [1.165, 1.54) is 0 Å². The summed E-state index contributed by atoms with van der Waals surface area (Å²) in [4.78, 5) is 22.4. The maximum atomic E-state index is 11.6. The van der Waals surface area contributed by atoms with Crippen LogP contribution in [0.4, 0.5) is 0 Å². The van der Waals surface area contributed by atoms with Gasteiger partial charge >= 0.3 is 0 Å². The molecule has 3 atom stereocenters. The zero-order valence-electron chi connectivity index (χ0n) is 7.87. The van der Waals surface area contributed by atoms with Gasteiger partial charge in [-0.3, -0.25) is 4.79 Å². The topological polar surface area (TPSA) is 34.1 Å². The van der Waals surface area contributed by atoms with Gasteiger partial charge in [0, 0.05) is 18.3 Å². The monoisotopic (exact) mass is 180 g/mol. The van der Waals surface area contributed by atoms with Crippen molar-refractivity contribution in [2.75, 3.05) is 0 Å². The van der Waals surface area contributed by atoms with Crippen molar-refractivity contribution in [3.05, 3.63) is 0 Å². The van der Waals surface area contributed by atoms with Gasteiger partial charge in [0.15, 0.2) is 0 Å². The van der Waals surface area contributed by atoms with Gasteiger partial charge in [-0.1, -0.05) is 6.42 Å². The van der Waals surface area contributed by atoms with E-state index in [1.807, 2.05) is 0 Å². The summed E-state index contributed by atoms with van der Waals surface area (Å²) in [6, 6.07) is 0. The highest BCUT2D eigenvalue weighted by Gasteiger charge is 2.40. The molecule has 0 aromatic rings. The van der Waals surface area contributed by atoms with Crippen LogP contribution in [0.5, 0.6) is 0 Å². The Bertz CT molecular complexity index is 222. The molecule has 2 aliphatic rings. The Morgan fingerprint density at radius 2 is 2.00 bits per heavy atom. The summed E-state index contributed by atoms with van der Waals surface area (Å²) in [7, 11) is 0. The minimum atomic E-state index is 0.187. The molecule has 0 N–H and O–H groups in total. The molecule has 2 nitrogen and oxygen atoms in total. The van der Waals surface area contributed by atoms with Gasteiger partial charge in [-0.2, -0.15) is 0 Å². The molecule has 2 fully saturated rings. The minimum absolute atomic E-state index is 0.187. The quantitative estimate of drug-likeness (QED) is 0.578. The third kappa shape index (κ3) is 1.54. The lowest BCUT2D eigenvalue weighted by atomic mass is 9.86. The molecule has 0 amide bonds. The Labute approximate surface area is 78.7 Å². The highest BCUT2D eigenvalue weighted by Crippen LogP contribution is 2.42. The smallest absolute Gasteiger partial charge is 0.136 e. The molecule has 0 saturated heterocycles. The fraction of sp³-hybridized carbons (Fsp3) is 0.818. The molecule has 72 valence electrons. The fourth-order valence-electron chi connectivity index (χ4n) is 2.95. The van der Waals surface area contributed by atoms with Gasteiger partial charge in [0.2, 0.25) is 0 Å². The summed E-state index contributed by atoms with van der Waals surface area (Å²) >= 11 is 0. The number of Topliss-reactive ketones (excluding diaryl/α,β-unsaturated/α-hetero) is 1. The Morgan fingerprint density at radius 1 is 1.15 bits per heavy atom. The summed E-state index contributed by atoms with van der Waals surface area (Å²) < 4.78 is 0. The molecule has 0 aliphatic heterocycles. The van der Waals surface area contributed by atoms with Crippen LogP contribution in [0.1, 0.15) is 38.5 Å². The Hall–Kier alpha value is -0.660. The number of hydrogen-bond acceptors (Lipinski definition) is 2. The van der Waals surface area contributed by atoms with Crippen LogP contribution in [0.2, 0.25) is 0 Å². The first kappa shape index (κ1) is 8.92. The normalized spacial score (nSPS) is 39.7. The van der Waals surface area contributed by atoms with Gasteiger partial charge in [-0.05, 0) is 31.6 Å². The van der Waals surface area contributed by atoms with Gasteiger partial charge < -0.3 is 4.79 Å². The largest absolute Gasteiger partial charge is 0.303 e.